The highest BCUT2D eigenvalue weighted by Crippen LogP contribution is 2.10. The first-order valence-corrected chi connectivity index (χ1v) is 11.2. The second-order valence-corrected chi connectivity index (χ2v) is 8.59. The van der Waals surface area contributed by atoms with Gasteiger partial charge in [0.15, 0.2) is 0 Å². The van der Waals surface area contributed by atoms with Gasteiger partial charge in [0.25, 0.3) is 0 Å². The number of nitrogens with zero attached hydrogens (tertiary/aromatic N) is 4. The van der Waals surface area contributed by atoms with Gasteiger partial charge in [-0.3, -0.25) is 19.4 Å². The molecule has 0 radical (unpaired) electrons. The van der Waals surface area contributed by atoms with Gasteiger partial charge in [0.1, 0.15) is 11.6 Å². The Kier molecular flexibility index (Phi) is 8.84. The van der Waals surface area contributed by atoms with Crippen LogP contribution in [0.3, 0.4) is 0 Å². The SMILES string of the molecule is Cc1cccc(NC(=O)CN(C)Cc2ccc(CN(C)CC(=O)Nc3cccc(C)n3)cc2)n1. The first kappa shape index (κ1) is 25.0. The van der Waals surface area contributed by atoms with Crippen molar-refractivity contribution >= 4 is 23.5 Å². The maximum atomic E-state index is 12.3. The van der Waals surface area contributed by atoms with Gasteiger partial charge in [-0.2, -0.15) is 0 Å². The summed E-state index contributed by atoms with van der Waals surface area (Å²) in [6.07, 6.45) is 0. The van der Waals surface area contributed by atoms with Crippen LogP contribution in [0.2, 0.25) is 0 Å². The predicted octanol–water partition coefficient (Wildman–Crippen LogP) is 3.23. The summed E-state index contributed by atoms with van der Waals surface area (Å²) in [5.41, 5.74) is 3.94. The zero-order valence-electron chi connectivity index (χ0n) is 20.2. The summed E-state index contributed by atoms with van der Waals surface area (Å²) in [4.78, 5) is 37.1. The van der Waals surface area contributed by atoms with E-state index < -0.39 is 0 Å². The molecule has 2 aromatic heterocycles. The molecule has 0 aliphatic heterocycles. The van der Waals surface area contributed by atoms with Gasteiger partial charge in [-0.1, -0.05) is 36.4 Å². The van der Waals surface area contributed by atoms with Gasteiger partial charge in [-0.05, 0) is 63.3 Å². The summed E-state index contributed by atoms with van der Waals surface area (Å²) in [6, 6.07) is 19.3. The minimum absolute atomic E-state index is 0.0991. The number of nitrogens with one attached hydrogen (secondary N) is 2. The van der Waals surface area contributed by atoms with Crippen molar-refractivity contribution in [2.75, 3.05) is 37.8 Å². The van der Waals surface area contributed by atoms with E-state index >= 15 is 0 Å². The molecule has 0 fully saturated rings. The number of hydrogen-bond acceptors (Lipinski definition) is 6. The molecule has 3 rings (SSSR count). The summed E-state index contributed by atoms with van der Waals surface area (Å²) < 4.78 is 0. The maximum absolute atomic E-state index is 12.3. The van der Waals surface area contributed by atoms with E-state index in [4.69, 9.17) is 0 Å². The molecule has 2 N–H and O–H groups in total. The summed E-state index contributed by atoms with van der Waals surface area (Å²) >= 11 is 0. The van der Waals surface area contributed by atoms with Gasteiger partial charge in [0.05, 0.1) is 13.1 Å². The van der Waals surface area contributed by atoms with E-state index in [0.29, 0.717) is 24.7 Å². The van der Waals surface area contributed by atoms with Crippen molar-refractivity contribution in [3.63, 3.8) is 0 Å². The molecule has 0 aliphatic carbocycles. The number of pyridine rings is 2. The van der Waals surface area contributed by atoms with Crippen LogP contribution in [-0.4, -0.2) is 58.8 Å². The zero-order valence-corrected chi connectivity index (χ0v) is 20.2. The molecule has 0 bridgehead atoms. The van der Waals surface area contributed by atoms with E-state index in [1.807, 2.05) is 62.0 Å². The fourth-order valence-corrected chi connectivity index (χ4v) is 3.57. The number of likely N-dealkylation sites (N-methyl/N-ethyl adjacent to an activating group) is 2. The largest absolute Gasteiger partial charge is 0.310 e. The quantitative estimate of drug-likeness (QED) is 0.483. The van der Waals surface area contributed by atoms with Crippen molar-refractivity contribution in [1.29, 1.82) is 0 Å². The minimum Gasteiger partial charge on any atom is -0.310 e. The second-order valence-electron chi connectivity index (χ2n) is 8.59. The molecular weight excluding hydrogens is 428 g/mol. The second kappa shape index (κ2) is 12.0. The van der Waals surface area contributed by atoms with E-state index in [1.54, 1.807) is 12.1 Å². The van der Waals surface area contributed by atoms with Crippen molar-refractivity contribution in [1.82, 2.24) is 19.8 Å². The fraction of sp³-hybridized carbons (Fsp3) is 0.308. The molecule has 0 spiro atoms. The molecule has 1 aromatic carbocycles. The summed E-state index contributed by atoms with van der Waals surface area (Å²) in [6.45, 7) is 5.62. The lowest BCUT2D eigenvalue weighted by Crippen LogP contribution is -2.30. The molecule has 2 amide bonds. The number of carbonyl (C=O) groups is 2. The number of hydrogen-bond donors (Lipinski definition) is 2. The topological polar surface area (TPSA) is 90.5 Å². The molecule has 8 heteroatoms. The van der Waals surface area contributed by atoms with Gasteiger partial charge in [0, 0.05) is 24.5 Å². The Labute approximate surface area is 201 Å². The van der Waals surface area contributed by atoms with Crippen molar-refractivity contribution < 1.29 is 9.59 Å². The average Bonchev–Trinajstić information content (AvgIpc) is 2.74. The van der Waals surface area contributed by atoms with Crippen LogP contribution in [0.4, 0.5) is 11.6 Å². The Hall–Kier alpha value is -3.62. The minimum atomic E-state index is -0.0991. The van der Waals surface area contributed by atoms with E-state index in [1.165, 1.54) is 0 Å². The molecule has 34 heavy (non-hydrogen) atoms. The number of rotatable bonds is 10. The Bertz CT molecular complexity index is 1030. The molecule has 0 saturated heterocycles. The number of aromatic nitrogens is 2. The normalized spacial score (nSPS) is 11.0. The molecule has 0 saturated carbocycles. The van der Waals surface area contributed by atoms with Gasteiger partial charge >= 0.3 is 0 Å². The molecule has 0 atom stereocenters. The third kappa shape index (κ3) is 8.38. The lowest BCUT2D eigenvalue weighted by atomic mass is 10.1. The van der Waals surface area contributed by atoms with Crippen molar-refractivity contribution in [3.8, 4) is 0 Å². The number of amides is 2. The first-order valence-electron chi connectivity index (χ1n) is 11.2. The summed E-state index contributed by atoms with van der Waals surface area (Å²) in [5, 5.41) is 5.66. The molecule has 178 valence electrons. The van der Waals surface area contributed by atoms with E-state index in [9.17, 15) is 9.59 Å². The van der Waals surface area contributed by atoms with Crippen LogP contribution >= 0.6 is 0 Å². The van der Waals surface area contributed by atoms with Crippen LogP contribution in [0.25, 0.3) is 0 Å². The standard InChI is InChI=1S/C26H32N6O2/c1-19-7-5-9-23(27-19)29-25(33)17-31(3)15-21-11-13-22(14-12-21)16-32(4)18-26(34)30-24-10-6-8-20(2)28-24/h5-14H,15-18H2,1-4H3,(H,27,29,33)(H,28,30,34). The van der Waals surface area contributed by atoms with Crippen molar-refractivity contribution in [2.24, 2.45) is 0 Å². The lowest BCUT2D eigenvalue weighted by Gasteiger charge is -2.18. The van der Waals surface area contributed by atoms with Crippen LogP contribution in [-0.2, 0) is 22.7 Å². The third-order valence-electron chi connectivity index (χ3n) is 5.07. The van der Waals surface area contributed by atoms with Crippen molar-refractivity contribution in [3.05, 3.63) is 83.2 Å². The third-order valence-corrected chi connectivity index (χ3v) is 5.07. The first-order chi connectivity index (χ1) is 16.3. The highest BCUT2D eigenvalue weighted by molar-refractivity contribution is 5.91. The maximum Gasteiger partial charge on any atom is 0.239 e. The number of carbonyl (C=O) groups excluding carboxylic acids is 2. The molecule has 0 aliphatic rings. The Morgan fingerprint density at radius 1 is 0.676 bits per heavy atom. The van der Waals surface area contributed by atoms with Gasteiger partial charge < -0.3 is 10.6 Å². The van der Waals surface area contributed by atoms with Crippen LogP contribution in [0, 0.1) is 13.8 Å². The van der Waals surface area contributed by atoms with E-state index in [0.717, 1.165) is 22.5 Å². The molecule has 0 unspecified atom stereocenters. The predicted molar refractivity (Wildman–Crippen MR) is 134 cm³/mol. The fourth-order valence-electron chi connectivity index (χ4n) is 3.57. The van der Waals surface area contributed by atoms with E-state index in [2.05, 4.69) is 44.9 Å². The zero-order chi connectivity index (χ0) is 24.5. The number of anilines is 2. The monoisotopic (exact) mass is 460 g/mol. The van der Waals surface area contributed by atoms with Crippen LogP contribution in [0.1, 0.15) is 22.5 Å². The highest BCUT2D eigenvalue weighted by Gasteiger charge is 2.10. The average molecular weight is 461 g/mol. The Balaban J connectivity index is 1.43. The summed E-state index contributed by atoms with van der Waals surface area (Å²) in [5.74, 6) is 0.933. The molecule has 3 aromatic rings. The smallest absolute Gasteiger partial charge is 0.239 e. The van der Waals surface area contributed by atoms with Crippen molar-refractivity contribution in [2.45, 2.75) is 26.9 Å². The van der Waals surface area contributed by atoms with Gasteiger partial charge in [-0.15, -0.1) is 0 Å². The Morgan fingerprint density at radius 2 is 1.06 bits per heavy atom. The van der Waals surface area contributed by atoms with Crippen LogP contribution in [0.15, 0.2) is 60.7 Å². The Morgan fingerprint density at radius 3 is 1.41 bits per heavy atom. The van der Waals surface area contributed by atoms with Gasteiger partial charge in [0.2, 0.25) is 11.8 Å². The number of benzene rings is 1. The lowest BCUT2D eigenvalue weighted by molar-refractivity contribution is -0.118. The summed E-state index contributed by atoms with van der Waals surface area (Å²) in [7, 11) is 3.82. The van der Waals surface area contributed by atoms with Crippen LogP contribution < -0.4 is 10.6 Å². The molecule has 2 heterocycles. The highest BCUT2D eigenvalue weighted by atomic mass is 16.2. The number of aryl methyl sites for hydroxylation is 2. The van der Waals surface area contributed by atoms with Gasteiger partial charge in [-0.25, -0.2) is 9.97 Å². The molecular formula is C26H32N6O2. The van der Waals surface area contributed by atoms with E-state index in [-0.39, 0.29) is 24.9 Å². The molecule has 8 nitrogen and oxygen atoms in total. The van der Waals surface area contributed by atoms with Crippen LogP contribution in [0.5, 0.6) is 0 Å².